The van der Waals surface area contributed by atoms with Gasteiger partial charge < -0.3 is 21.1 Å². The molecule has 1 aliphatic carbocycles. The topological polar surface area (TPSA) is 156 Å². The first-order valence-corrected chi connectivity index (χ1v) is 12.2. The molecule has 12 nitrogen and oxygen atoms in total. The van der Waals surface area contributed by atoms with E-state index in [1.54, 1.807) is 57.3 Å². The fourth-order valence-electron chi connectivity index (χ4n) is 4.93. The first-order valence-electron chi connectivity index (χ1n) is 12.2. The molecule has 1 fully saturated rings. The highest BCUT2D eigenvalue weighted by Gasteiger charge is 2.49. The monoisotopic (exact) mass is 506 g/mol. The van der Waals surface area contributed by atoms with E-state index in [2.05, 4.69) is 21.0 Å². The third-order valence-corrected chi connectivity index (χ3v) is 6.48. The number of nitrogens with one attached hydrogen (secondary N) is 3. The molecule has 0 bridgehead atoms. The van der Waals surface area contributed by atoms with Gasteiger partial charge in [-0.05, 0) is 63.9 Å². The summed E-state index contributed by atoms with van der Waals surface area (Å²) in [4.78, 5) is 46.9. The second-order valence-electron chi connectivity index (χ2n) is 10.4. The van der Waals surface area contributed by atoms with Crippen LogP contribution in [0.2, 0.25) is 0 Å². The van der Waals surface area contributed by atoms with Crippen LogP contribution in [0, 0.1) is 0 Å². The van der Waals surface area contributed by atoms with Gasteiger partial charge in [-0.2, -0.15) is 9.99 Å². The van der Waals surface area contributed by atoms with Gasteiger partial charge in [0, 0.05) is 23.0 Å². The van der Waals surface area contributed by atoms with Crippen LogP contribution in [0.3, 0.4) is 0 Å². The van der Waals surface area contributed by atoms with Crippen LogP contribution >= 0.6 is 0 Å². The number of fused-ring (bicyclic) bond motifs is 4. The van der Waals surface area contributed by atoms with Crippen molar-refractivity contribution in [2.24, 2.45) is 5.73 Å². The molecule has 2 aliphatic rings. The van der Waals surface area contributed by atoms with Crippen molar-refractivity contribution in [3.63, 3.8) is 0 Å². The van der Waals surface area contributed by atoms with Crippen LogP contribution in [0.5, 0.6) is 0 Å². The van der Waals surface area contributed by atoms with Crippen molar-refractivity contribution < 1.29 is 19.1 Å². The highest BCUT2D eigenvalue weighted by atomic mass is 16.6. The largest absolute Gasteiger partial charge is 0.442 e. The standard InChI is InChI=1S/C25H30N8O4/c1-24(2,3)37-23(36)33-18-13-15-14-27-22(29-17-9-7-16(8-10-17)28-21(26)35)30-19(15)32(18)25(20(34)31-33)11-5-4-6-12-25/h7-10,13-14H,4-6,11-12H2,1-3H3,(H,31,34)(H3,26,28,35)(H,27,29,30). The third kappa shape index (κ3) is 4.61. The number of hydrogen-bond acceptors (Lipinski definition) is 7. The van der Waals surface area contributed by atoms with Crippen LogP contribution in [-0.2, 0) is 15.1 Å². The van der Waals surface area contributed by atoms with Crippen molar-refractivity contribution in [2.45, 2.75) is 64.0 Å². The maximum Gasteiger partial charge on any atom is 0.435 e. The minimum atomic E-state index is -0.860. The van der Waals surface area contributed by atoms with Gasteiger partial charge >= 0.3 is 12.1 Å². The summed E-state index contributed by atoms with van der Waals surface area (Å²) in [5.41, 5.74) is 8.15. The van der Waals surface area contributed by atoms with E-state index in [0.29, 0.717) is 47.0 Å². The van der Waals surface area contributed by atoms with Crippen LogP contribution in [0.15, 0.2) is 36.5 Å². The molecule has 37 heavy (non-hydrogen) atoms. The fourth-order valence-corrected chi connectivity index (χ4v) is 4.93. The van der Waals surface area contributed by atoms with Crippen molar-refractivity contribution in [3.05, 3.63) is 36.5 Å². The number of primary amides is 1. The highest BCUT2D eigenvalue weighted by Crippen LogP contribution is 2.44. The number of hydrogen-bond donors (Lipinski definition) is 4. The second-order valence-corrected chi connectivity index (χ2v) is 10.4. The Kier molecular flexibility index (Phi) is 5.89. The minimum absolute atomic E-state index is 0.256. The van der Waals surface area contributed by atoms with Gasteiger partial charge in [0.1, 0.15) is 22.6 Å². The van der Waals surface area contributed by atoms with Crippen molar-refractivity contribution >= 4 is 52.2 Å². The van der Waals surface area contributed by atoms with Gasteiger partial charge in [0.2, 0.25) is 5.95 Å². The number of nitrogens with two attached hydrogens (primary N) is 1. The number of rotatable bonds is 3. The van der Waals surface area contributed by atoms with Crippen LogP contribution < -0.4 is 26.8 Å². The van der Waals surface area contributed by atoms with E-state index in [1.165, 1.54) is 0 Å². The number of hydrazine groups is 1. The number of urea groups is 1. The number of amides is 4. The maximum absolute atomic E-state index is 13.6. The first-order chi connectivity index (χ1) is 17.6. The summed E-state index contributed by atoms with van der Waals surface area (Å²) in [6.45, 7) is 5.32. The zero-order chi connectivity index (χ0) is 26.4. The Balaban J connectivity index is 1.56. The average molecular weight is 507 g/mol. The molecule has 0 saturated heterocycles. The number of nitrogens with zero attached hydrogens (tertiary/aromatic N) is 4. The molecule has 1 spiro atoms. The lowest BCUT2D eigenvalue weighted by molar-refractivity contribution is -0.133. The van der Waals surface area contributed by atoms with Crippen LogP contribution in [0.1, 0.15) is 52.9 Å². The van der Waals surface area contributed by atoms with Gasteiger partial charge in [0.05, 0.1) is 0 Å². The summed E-state index contributed by atoms with van der Waals surface area (Å²) >= 11 is 0. The Morgan fingerprint density at radius 1 is 1.11 bits per heavy atom. The number of ether oxygens (including phenoxy) is 1. The number of carbonyl (C=O) groups is 3. The normalized spacial score (nSPS) is 16.7. The first kappa shape index (κ1) is 24.3. The molecular weight excluding hydrogens is 476 g/mol. The molecule has 1 aliphatic heterocycles. The lowest BCUT2D eigenvalue weighted by Crippen LogP contribution is -2.62. The van der Waals surface area contributed by atoms with Gasteiger partial charge in [0.15, 0.2) is 0 Å². The molecular formula is C25H30N8O4. The zero-order valence-electron chi connectivity index (χ0n) is 21.0. The van der Waals surface area contributed by atoms with Crippen molar-refractivity contribution in [2.75, 3.05) is 15.6 Å². The summed E-state index contributed by atoms with van der Waals surface area (Å²) in [5, 5.41) is 7.52. The molecule has 5 rings (SSSR count). The predicted molar refractivity (Wildman–Crippen MR) is 138 cm³/mol. The average Bonchev–Trinajstić information content (AvgIpc) is 3.21. The SMILES string of the molecule is CC(C)(C)OC(=O)N1NC(=O)C2(CCCCC2)n2c1cc1cnc(Nc3ccc(NC(N)=O)cc3)nc12. The third-order valence-electron chi connectivity index (χ3n) is 6.48. The zero-order valence-corrected chi connectivity index (χ0v) is 21.0. The molecule has 2 aromatic heterocycles. The van der Waals surface area contributed by atoms with E-state index in [-0.39, 0.29) is 5.91 Å². The minimum Gasteiger partial charge on any atom is -0.442 e. The molecule has 194 valence electrons. The summed E-state index contributed by atoms with van der Waals surface area (Å²) < 4.78 is 7.44. The highest BCUT2D eigenvalue weighted by molar-refractivity contribution is 6.01. The Morgan fingerprint density at radius 2 is 1.78 bits per heavy atom. The number of aromatic nitrogens is 3. The lowest BCUT2D eigenvalue weighted by atomic mass is 9.80. The number of carbonyl (C=O) groups excluding carboxylic acids is 3. The Hall–Kier alpha value is -4.35. The maximum atomic E-state index is 13.6. The van der Waals surface area contributed by atoms with Crippen LogP contribution in [0.25, 0.3) is 11.0 Å². The van der Waals surface area contributed by atoms with Gasteiger partial charge in [-0.25, -0.2) is 14.6 Å². The fraction of sp³-hybridized carbons (Fsp3) is 0.400. The molecule has 1 aromatic carbocycles. The molecule has 3 aromatic rings. The van der Waals surface area contributed by atoms with Crippen molar-refractivity contribution in [1.29, 1.82) is 0 Å². The summed E-state index contributed by atoms with van der Waals surface area (Å²) in [6, 6.07) is 8.06. The smallest absolute Gasteiger partial charge is 0.435 e. The Labute approximate surface area is 213 Å². The van der Waals surface area contributed by atoms with E-state index >= 15 is 0 Å². The van der Waals surface area contributed by atoms with E-state index in [4.69, 9.17) is 15.5 Å². The van der Waals surface area contributed by atoms with Crippen molar-refractivity contribution in [1.82, 2.24) is 20.0 Å². The van der Waals surface area contributed by atoms with Gasteiger partial charge in [0.25, 0.3) is 5.91 Å². The van der Waals surface area contributed by atoms with Crippen molar-refractivity contribution in [3.8, 4) is 0 Å². The summed E-state index contributed by atoms with van der Waals surface area (Å²) in [5.74, 6) is 0.553. The summed E-state index contributed by atoms with van der Waals surface area (Å²) in [6.07, 6.45) is 5.08. The predicted octanol–water partition coefficient (Wildman–Crippen LogP) is 4.11. The molecule has 3 heterocycles. The van der Waals surface area contributed by atoms with E-state index < -0.39 is 23.3 Å². The van der Waals surface area contributed by atoms with E-state index in [9.17, 15) is 14.4 Å². The van der Waals surface area contributed by atoms with Gasteiger partial charge in [-0.15, -0.1) is 0 Å². The number of benzene rings is 1. The second kappa shape index (κ2) is 8.95. The summed E-state index contributed by atoms with van der Waals surface area (Å²) in [7, 11) is 0. The van der Waals surface area contributed by atoms with E-state index in [0.717, 1.165) is 24.3 Å². The van der Waals surface area contributed by atoms with Crippen LogP contribution in [0.4, 0.5) is 32.7 Å². The van der Waals surface area contributed by atoms with Crippen LogP contribution in [-0.4, -0.2) is 38.2 Å². The number of anilines is 4. The lowest BCUT2D eigenvalue weighted by Gasteiger charge is -2.44. The molecule has 0 radical (unpaired) electrons. The molecule has 0 unspecified atom stereocenters. The Morgan fingerprint density at radius 3 is 2.43 bits per heavy atom. The van der Waals surface area contributed by atoms with E-state index in [1.807, 2.05) is 4.57 Å². The van der Waals surface area contributed by atoms with Gasteiger partial charge in [-0.3, -0.25) is 14.8 Å². The molecule has 5 N–H and O–H groups in total. The van der Waals surface area contributed by atoms with Gasteiger partial charge in [-0.1, -0.05) is 19.3 Å². The molecule has 1 saturated carbocycles. The Bertz CT molecular complexity index is 1370. The molecule has 4 amide bonds. The quantitative estimate of drug-likeness (QED) is 0.416. The molecule has 12 heteroatoms. The molecule has 0 atom stereocenters.